The van der Waals surface area contributed by atoms with Gasteiger partial charge in [0.1, 0.15) is 5.82 Å². The van der Waals surface area contributed by atoms with E-state index in [1.54, 1.807) is 35.4 Å². The molecule has 1 aromatic heterocycles. The first kappa shape index (κ1) is 17.9. The third-order valence-corrected chi connectivity index (χ3v) is 4.86. The molecule has 1 amide bonds. The molecule has 0 bridgehead atoms. The minimum Gasteiger partial charge on any atom is -0.465 e. The van der Waals surface area contributed by atoms with Gasteiger partial charge in [-0.3, -0.25) is 9.78 Å². The van der Waals surface area contributed by atoms with Gasteiger partial charge in [0.2, 0.25) is 0 Å². The van der Waals surface area contributed by atoms with Gasteiger partial charge in [0.05, 0.1) is 29.9 Å². The van der Waals surface area contributed by atoms with Crippen molar-refractivity contribution in [1.29, 1.82) is 0 Å². The third kappa shape index (κ3) is 3.51. The summed E-state index contributed by atoms with van der Waals surface area (Å²) in [5.74, 6) is 0.280. The summed E-state index contributed by atoms with van der Waals surface area (Å²) in [5, 5.41) is 0. The van der Waals surface area contributed by atoms with Crippen LogP contribution in [-0.2, 0) is 4.74 Å². The zero-order chi connectivity index (χ0) is 19.5. The van der Waals surface area contributed by atoms with Gasteiger partial charge >= 0.3 is 5.97 Å². The van der Waals surface area contributed by atoms with Crippen LogP contribution in [0.3, 0.4) is 0 Å². The predicted molar refractivity (Wildman–Crippen MR) is 105 cm³/mol. The van der Waals surface area contributed by atoms with Crippen LogP contribution in [0.25, 0.3) is 11.0 Å². The Hall–Kier alpha value is -3.48. The Morgan fingerprint density at radius 3 is 2.39 bits per heavy atom. The van der Waals surface area contributed by atoms with E-state index in [0.717, 1.165) is 16.9 Å². The van der Waals surface area contributed by atoms with Crippen molar-refractivity contribution < 1.29 is 14.3 Å². The number of benzene rings is 2. The van der Waals surface area contributed by atoms with Crippen LogP contribution in [0.1, 0.15) is 20.7 Å². The van der Waals surface area contributed by atoms with E-state index in [1.165, 1.54) is 7.11 Å². The van der Waals surface area contributed by atoms with Crippen molar-refractivity contribution in [1.82, 2.24) is 14.9 Å². The Labute approximate surface area is 162 Å². The molecular weight excluding hydrogens is 356 g/mol. The normalized spacial score (nSPS) is 14.2. The van der Waals surface area contributed by atoms with Crippen molar-refractivity contribution in [2.24, 2.45) is 0 Å². The van der Waals surface area contributed by atoms with Crippen LogP contribution in [0.5, 0.6) is 0 Å². The molecule has 28 heavy (non-hydrogen) atoms. The maximum atomic E-state index is 12.8. The van der Waals surface area contributed by atoms with E-state index in [9.17, 15) is 9.59 Å². The molecule has 0 saturated carbocycles. The van der Waals surface area contributed by atoms with Crippen molar-refractivity contribution in [3.63, 3.8) is 0 Å². The van der Waals surface area contributed by atoms with Gasteiger partial charge in [-0.1, -0.05) is 18.2 Å². The molecule has 0 aliphatic carbocycles. The van der Waals surface area contributed by atoms with Crippen LogP contribution in [0.15, 0.2) is 54.7 Å². The number of carbonyl (C=O) groups excluding carboxylic acids is 2. The van der Waals surface area contributed by atoms with Gasteiger partial charge in [-0.25, -0.2) is 9.78 Å². The first-order chi connectivity index (χ1) is 13.7. The molecule has 1 saturated heterocycles. The second-order valence-electron chi connectivity index (χ2n) is 6.57. The first-order valence-electron chi connectivity index (χ1n) is 9.10. The molecule has 4 rings (SSSR count). The summed E-state index contributed by atoms with van der Waals surface area (Å²) in [4.78, 5) is 37.6. The number of esters is 1. The molecule has 7 nitrogen and oxygen atoms in total. The Morgan fingerprint density at radius 1 is 0.929 bits per heavy atom. The summed E-state index contributed by atoms with van der Waals surface area (Å²) < 4.78 is 4.73. The molecular formula is C21H20N4O3. The predicted octanol–water partition coefficient (Wildman–Crippen LogP) is 2.38. The van der Waals surface area contributed by atoms with Crippen LogP contribution in [0, 0.1) is 0 Å². The van der Waals surface area contributed by atoms with E-state index in [1.807, 2.05) is 24.3 Å². The lowest BCUT2D eigenvalue weighted by atomic mass is 10.1. The van der Waals surface area contributed by atoms with Crippen LogP contribution >= 0.6 is 0 Å². The molecule has 0 unspecified atom stereocenters. The van der Waals surface area contributed by atoms with Gasteiger partial charge in [-0.05, 0) is 30.3 Å². The Kier molecular flexibility index (Phi) is 4.89. The number of anilines is 1. The Morgan fingerprint density at radius 2 is 1.64 bits per heavy atom. The average molecular weight is 376 g/mol. The zero-order valence-corrected chi connectivity index (χ0v) is 15.5. The SMILES string of the molecule is COC(=O)c1cccc(C(=O)N2CCN(c3cnc4ccccc4n3)CC2)c1. The summed E-state index contributed by atoms with van der Waals surface area (Å²) in [6.07, 6.45) is 1.78. The molecule has 0 N–H and O–H groups in total. The highest BCUT2D eigenvalue weighted by Crippen LogP contribution is 2.18. The molecule has 3 aromatic rings. The molecule has 2 aromatic carbocycles. The number of amides is 1. The molecule has 2 heterocycles. The van der Waals surface area contributed by atoms with Crippen LogP contribution < -0.4 is 4.90 Å². The second-order valence-corrected chi connectivity index (χ2v) is 6.57. The number of aromatic nitrogens is 2. The van der Waals surface area contributed by atoms with Gasteiger partial charge in [-0.15, -0.1) is 0 Å². The quantitative estimate of drug-likeness (QED) is 0.654. The number of rotatable bonds is 3. The van der Waals surface area contributed by atoms with Gasteiger partial charge in [-0.2, -0.15) is 0 Å². The zero-order valence-electron chi connectivity index (χ0n) is 15.5. The highest BCUT2D eigenvalue weighted by molar-refractivity contribution is 5.98. The number of ether oxygens (including phenoxy) is 1. The van der Waals surface area contributed by atoms with Gasteiger partial charge in [0.15, 0.2) is 0 Å². The van der Waals surface area contributed by atoms with E-state index in [0.29, 0.717) is 37.3 Å². The van der Waals surface area contributed by atoms with Crippen molar-refractivity contribution in [3.8, 4) is 0 Å². The van der Waals surface area contributed by atoms with Gasteiger partial charge < -0.3 is 14.5 Å². The van der Waals surface area contributed by atoms with Crippen LogP contribution in [0.2, 0.25) is 0 Å². The molecule has 0 atom stereocenters. The topological polar surface area (TPSA) is 75.6 Å². The van der Waals surface area contributed by atoms with Gasteiger partial charge in [0, 0.05) is 31.7 Å². The van der Waals surface area contributed by atoms with Crippen molar-refractivity contribution in [3.05, 3.63) is 65.9 Å². The fraction of sp³-hybridized carbons (Fsp3) is 0.238. The number of hydrogen-bond donors (Lipinski definition) is 0. The fourth-order valence-corrected chi connectivity index (χ4v) is 3.32. The molecule has 7 heteroatoms. The van der Waals surface area contributed by atoms with Crippen LogP contribution in [0.4, 0.5) is 5.82 Å². The molecule has 1 fully saturated rings. The molecule has 1 aliphatic rings. The highest BCUT2D eigenvalue weighted by Gasteiger charge is 2.23. The second kappa shape index (κ2) is 7.64. The maximum Gasteiger partial charge on any atom is 0.337 e. The van der Waals surface area contributed by atoms with E-state index < -0.39 is 5.97 Å². The standard InChI is InChI=1S/C21H20N4O3/c1-28-21(27)16-6-4-5-15(13-16)20(26)25-11-9-24(10-12-25)19-14-22-17-7-2-3-8-18(17)23-19/h2-8,13-14H,9-12H2,1H3. The largest absolute Gasteiger partial charge is 0.465 e. The van der Waals surface area contributed by atoms with Gasteiger partial charge in [0.25, 0.3) is 5.91 Å². The summed E-state index contributed by atoms with van der Waals surface area (Å²) in [6.45, 7) is 2.51. The number of para-hydroxylation sites is 2. The first-order valence-corrected chi connectivity index (χ1v) is 9.10. The lowest BCUT2D eigenvalue weighted by Gasteiger charge is -2.35. The molecule has 1 aliphatic heterocycles. The number of methoxy groups -OCH3 is 1. The molecule has 0 radical (unpaired) electrons. The Balaban J connectivity index is 1.44. The monoisotopic (exact) mass is 376 g/mol. The lowest BCUT2D eigenvalue weighted by Crippen LogP contribution is -2.49. The smallest absolute Gasteiger partial charge is 0.337 e. The van der Waals surface area contributed by atoms with E-state index in [4.69, 9.17) is 4.74 Å². The number of fused-ring (bicyclic) bond motifs is 1. The van der Waals surface area contributed by atoms with E-state index >= 15 is 0 Å². The molecule has 0 spiro atoms. The van der Waals surface area contributed by atoms with E-state index in [2.05, 4.69) is 14.9 Å². The summed E-state index contributed by atoms with van der Waals surface area (Å²) in [7, 11) is 1.33. The third-order valence-electron chi connectivity index (χ3n) is 4.86. The fourth-order valence-electron chi connectivity index (χ4n) is 3.32. The van der Waals surface area contributed by atoms with Crippen LogP contribution in [-0.4, -0.2) is 60.0 Å². The minimum atomic E-state index is -0.450. The summed E-state index contributed by atoms with van der Waals surface area (Å²) in [5.41, 5.74) is 2.59. The summed E-state index contributed by atoms with van der Waals surface area (Å²) >= 11 is 0. The maximum absolute atomic E-state index is 12.8. The van der Waals surface area contributed by atoms with Crippen molar-refractivity contribution in [2.75, 3.05) is 38.2 Å². The average Bonchev–Trinajstić information content (AvgIpc) is 2.78. The Bertz CT molecular complexity index is 1030. The highest BCUT2D eigenvalue weighted by atomic mass is 16.5. The van der Waals surface area contributed by atoms with Crippen molar-refractivity contribution in [2.45, 2.75) is 0 Å². The summed E-state index contributed by atoms with van der Waals surface area (Å²) in [6, 6.07) is 14.4. The number of nitrogens with zero attached hydrogens (tertiary/aromatic N) is 4. The minimum absolute atomic E-state index is 0.0880. The lowest BCUT2D eigenvalue weighted by molar-refractivity contribution is 0.0600. The van der Waals surface area contributed by atoms with E-state index in [-0.39, 0.29) is 5.91 Å². The van der Waals surface area contributed by atoms with Crippen molar-refractivity contribution >= 4 is 28.7 Å². The number of hydrogen-bond acceptors (Lipinski definition) is 6. The molecule has 142 valence electrons. The number of piperazine rings is 1. The number of carbonyl (C=O) groups is 2.